The number of aromatic hydroxyl groups is 1. The van der Waals surface area contributed by atoms with Crippen LogP contribution in [0.25, 0.3) is 0 Å². The van der Waals surface area contributed by atoms with Gasteiger partial charge in [0.25, 0.3) is 0 Å². The molecule has 0 amide bonds. The van der Waals surface area contributed by atoms with E-state index in [9.17, 15) is 15.0 Å². The fraction of sp³-hybridized carbons (Fsp3) is 0.429. The van der Waals surface area contributed by atoms with Gasteiger partial charge < -0.3 is 26.0 Å². The predicted molar refractivity (Wildman–Crippen MR) is 202 cm³/mol. The summed E-state index contributed by atoms with van der Waals surface area (Å²) in [6.45, 7) is 25.1. The van der Waals surface area contributed by atoms with Crippen LogP contribution in [-0.2, 0) is 16.8 Å². The Kier molecular flexibility index (Phi) is 15.4. The maximum absolute atomic E-state index is 11.7. The number of hydrogen-bond acceptors (Lipinski definition) is 6. The zero-order chi connectivity index (χ0) is 36.7. The van der Waals surface area contributed by atoms with Gasteiger partial charge in [-0.1, -0.05) is 103 Å². The molecule has 4 rings (SSSR count). The van der Waals surface area contributed by atoms with Gasteiger partial charge in [-0.15, -0.1) is 0 Å². The summed E-state index contributed by atoms with van der Waals surface area (Å²) in [7, 11) is 0. The molecular weight excluding hydrogens is 669 g/mol. The molecule has 0 fully saturated rings. The van der Waals surface area contributed by atoms with Crippen LogP contribution in [0.1, 0.15) is 160 Å². The molecule has 7 nitrogen and oxygen atoms in total. The third kappa shape index (κ3) is 10.5. The van der Waals surface area contributed by atoms with Crippen LogP contribution >= 0.6 is 0 Å². The second-order valence-corrected chi connectivity index (χ2v) is 14.4. The third-order valence-electron chi connectivity index (χ3n) is 8.83. The summed E-state index contributed by atoms with van der Waals surface area (Å²) in [4.78, 5) is 16.2. The van der Waals surface area contributed by atoms with Crippen LogP contribution in [0, 0.1) is 13.8 Å². The van der Waals surface area contributed by atoms with Crippen molar-refractivity contribution in [1.29, 1.82) is 0 Å². The number of pyridine rings is 1. The Balaban J connectivity index is 0.000000409. The summed E-state index contributed by atoms with van der Waals surface area (Å²) < 4.78 is 0. The number of hydrogen-bond donors (Lipinski definition) is 4. The van der Waals surface area contributed by atoms with Crippen LogP contribution < -0.4 is 15.7 Å². The summed E-state index contributed by atoms with van der Waals surface area (Å²) in [6.07, 6.45) is 0. The molecule has 4 N–H and O–H groups in total. The Labute approximate surface area is 310 Å². The number of nitrogens with zero attached hydrogens (tertiary/aromatic N) is 1. The van der Waals surface area contributed by atoms with Crippen molar-refractivity contribution >= 4 is 17.3 Å². The monoisotopic (exact) mass is 725 g/mol. The van der Waals surface area contributed by atoms with E-state index < -0.39 is 17.5 Å². The van der Waals surface area contributed by atoms with Crippen LogP contribution in [-0.4, -0.2) is 21.2 Å². The van der Waals surface area contributed by atoms with Gasteiger partial charge in [-0.05, 0) is 104 Å². The summed E-state index contributed by atoms with van der Waals surface area (Å²) in [5, 5.41) is 37.7. The number of aryl methyl sites for hydroxylation is 2. The fourth-order valence-electron chi connectivity index (χ4n) is 6.15. The van der Waals surface area contributed by atoms with Gasteiger partial charge in [-0.2, -0.15) is 0 Å². The quantitative estimate of drug-likeness (QED) is 0.122. The molecule has 0 aliphatic heterocycles. The Hall–Kier alpha value is -4.01. The van der Waals surface area contributed by atoms with Crippen molar-refractivity contribution in [2.45, 2.75) is 119 Å². The molecule has 0 aliphatic rings. The zero-order valence-electron chi connectivity index (χ0n) is 31.7. The molecule has 0 bridgehead atoms. The number of nitrogens with one attached hydrogen (secondary N) is 2. The second-order valence-electron chi connectivity index (χ2n) is 14.4. The molecule has 273 valence electrons. The maximum Gasteiger partial charge on any atom is 0.335 e. The molecule has 50 heavy (non-hydrogen) atoms. The second kappa shape index (κ2) is 18.3. The minimum atomic E-state index is -1.28. The molecule has 1 heterocycles. The zero-order valence-corrected chi connectivity index (χ0v) is 32.8. The van der Waals surface area contributed by atoms with Crippen molar-refractivity contribution in [1.82, 2.24) is 4.98 Å². The van der Waals surface area contributed by atoms with Gasteiger partial charge in [0.15, 0.2) is 0 Å². The molecule has 3 aromatic carbocycles. The summed E-state index contributed by atoms with van der Waals surface area (Å²) in [6, 6.07) is 21.3. The van der Waals surface area contributed by atoms with E-state index in [-0.39, 0.29) is 46.3 Å². The van der Waals surface area contributed by atoms with Crippen LogP contribution in [0.4, 0.5) is 11.4 Å². The molecule has 2 unspecified atom stereocenters. The van der Waals surface area contributed by atoms with E-state index in [2.05, 4.69) is 121 Å². The molecule has 0 spiro atoms. The first kappa shape index (κ1) is 42.2. The van der Waals surface area contributed by atoms with Gasteiger partial charge in [-0.3, -0.25) is 4.98 Å². The minimum absolute atomic E-state index is 0. The van der Waals surface area contributed by atoms with Crippen molar-refractivity contribution in [2.24, 2.45) is 0 Å². The number of carbonyl (C=O) groups is 1. The maximum atomic E-state index is 11.7. The van der Waals surface area contributed by atoms with E-state index in [0.29, 0.717) is 17.4 Å². The summed E-state index contributed by atoms with van der Waals surface area (Å²) in [5.74, 6) is -1.66. The number of carboxylic acid groups (broad SMARTS) is 1. The smallest absolute Gasteiger partial charge is 0.335 e. The van der Waals surface area contributed by atoms with Crippen LogP contribution in [0.3, 0.4) is 0 Å². The number of aromatic nitrogens is 1. The van der Waals surface area contributed by atoms with E-state index in [1.54, 1.807) is 0 Å². The topological polar surface area (TPSA) is 118 Å². The first-order valence-electron chi connectivity index (χ1n) is 17.4. The number of aromatic carboxylic acids is 1. The van der Waals surface area contributed by atoms with Gasteiger partial charge in [0, 0.05) is 28.2 Å². The summed E-state index contributed by atoms with van der Waals surface area (Å²) in [5.41, 5.74) is 10.7. The molecule has 1 radical (unpaired) electrons. The largest absolute Gasteiger partial charge is 0.869 e. The molecule has 8 heteroatoms. The molecule has 0 saturated carbocycles. The number of anilines is 2. The average molecular weight is 726 g/mol. The minimum Gasteiger partial charge on any atom is -0.869 e. The van der Waals surface area contributed by atoms with Gasteiger partial charge in [0.05, 0.1) is 29.0 Å². The van der Waals surface area contributed by atoms with Crippen molar-refractivity contribution in [3.05, 3.63) is 111 Å². The van der Waals surface area contributed by atoms with Crippen LogP contribution in [0.15, 0.2) is 60.7 Å². The number of benzene rings is 3. The molecular formula is C42H56CoN3O4-. The number of phenols is 1. The molecule has 0 aliphatic carbocycles. The first-order chi connectivity index (χ1) is 22.9. The van der Waals surface area contributed by atoms with Gasteiger partial charge >= 0.3 is 5.97 Å². The van der Waals surface area contributed by atoms with Crippen molar-refractivity contribution in [3.63, 3.8) is 0 Å². The number of phenolic OH excluding ortho intramolecular Hbond substituents is 1. The van der Waals surface area contributed by atoms with Crippen molar-refractivity contribution < 1.29 is 36.9 Å². The Morgan fingerprint density at radius 2 is 1.08 bits per heavy atom. The van der Waals surface area contributed by atoms with E-state index in [4.69, 9.17) is 10.1 Å². The van der Waals surface area contributed by atoms with E-state index >= 15 is 0 Å². The van der Waals surface area contributed by atoms with Gasteiger partial charge in [0.2, 0.25) is 0 Å². The van der Waals surface area contributed by atoms with E-state index in [1.165, 1.54) is 39.7 Å². The third-order valence-corrected chi connectivity index (χ3v) is 8.83. The number of carboxylic acids is 1. The van der Waals surface area contributed by atoms with Gasteiger partial charge in [-0.25, -0.2) is 4.79 Å². The standard InChI is InChI=1S/C29H39N3.C13H18O4.Co/c1-18(2)24-16-20(5)12-14-28(24)30-22(7)26-10-9-11-27(32-26)23(8)31-29-15-13-21(6)17-25(29)19(3)4;1-6(2)8-5-9(14)12(15)11(13(16)17)10(8)7(3)4;/h9-19,22-23,30-31H,1-8H3;5-7,14-15H,1-4H3,(H,16,17);/p-1. The Morgan fingerprint density at radius 3 is 1.44 bits per heavy atom. The SMILES string of the molecule is CC(C)c1cc(O)c([O-])c(C(=O)O)c1C(C)C.Cc1ccc(NC(C)c2cccc(C(C)Nc3ccc(C)cc3C(C)C)n2)c(C(C)C)c1.[Co]. The molecule has 4 aromatic rings. The van der Waals surface area contributed by atoms with Crippen molar-refractivity contribution in [2.75, 3.05) is 10.6 Å². The summed E-state index contributed by atoms with van der Waals surface area (Å²) >= 11 is 0. The fourth-order valence-corrected chi connectivity index (χ4v) is 6.15. The first-order valence-corrected chi connectivity index (χ1v) is 17.4. The van der Waals surface area contributed by atoms with E-state index in [1.807, 2.05) is 27.7 Å². The molecule has 2 atom stereocenters. The Bertz CT molecular complexity index is 1670. The average Bonchev–Trinajstić information content (AvgIpc) is 3.03. The molecule has 0 saturated heterocycles. The van der Waals surface area contributed by atoms with Crippen LogP contribution in [0.2, 0.25) is 0 Å². The van der Waals surface area contributed by atoms with Crippen LogP contribution in [0.5, 0.6) is 11.5 Å². The normalized spacial score (nSPS) is 12.3. The Morgan fingerprint density at radius 1 is 0.660 bits per heavy atom. The van der Waals surface area contributed by atoms with E-state index in [0.717, 1.165) is 17.0 Å². The number of rotatable bonds is 11. The van der Waals surface area contributed by atoms with Gasteiger partial charge in [0.1, 0.15) is 5.75 Å². The predicted octanol–water partition coefficient (Wildman–Crippen LogP) is 10.7. The van der Waals surface area contributed by atoms with Crippen molar-refractivity contribution in [3.8, 4) is 11.5 Å². The molecule has 1 aromatic heterocycles.